The minimum Gasteiger partial charge on any atom is -0.213 e. The first-order valence-corrected chi connectivity index (χ1v) is 6.71. The van der Waals surface area contributed by atoms with Crippen molar-refractivity contribution in [3.8, 4) is 6.07 Å². The summed E-state index contributed by atoms with van der Waals surface area (Å²) >= 11 is 0. The summed E-state index contributed by atoms with van der Waals surface area (Å²) < 4.78 is 24.1. The van der Waals surface area contributed by atoms with Crippen molar-refractivity contribution in [2.75, 3.05) is 19.3 Å². The molecule has 5 heteroatoms. The molecule has 0 atom stereocenters. The largest absolute Gasteiger partial charge is 0.213 e. The average molecular weight is 216 g/mol. The molecule has 0 aromatic rings. The fourth-order valence-electron chi connectivity index (χ4n) is 1.53. The van der Waals surface area contributed by atoms with Gasteiger partial charge in [-0.05, 0) is 18.8 Å². The van der Waals surface area contributed by atoms with E-state index in [2.05, 4.69) is 0 Å². The molecule has 4 nitrogen and oxygen atoms in total. The van der Waals surface area contributed by atoms with Crippen LogP contribution in [0.3, 0.4) is 0 Å². The van der Waals surface area contributed by atoms with Crippen LogP contribution in [0.25, 0.3) is 0 Å². The van der Waals surface area contributed by atoms with E-state index in [1.54, 1.807) is 0 Å². The fourth-order valence-corrected chi connectivity index (χ4v) is 2.44. The number of hydrogen-bond acceptors (Lipinski definition) is 3. The number of rotatable bonds is 5. The van der Waals surface area contributed by atoms with Crippen molar-refractivity contribution in [2.45, 2.75) is 25.7 Å². The van der Waals surface area contributed by atoms with Crippen molar-refractivity contribution in [3.05, 3.63) is 0 Å². The molecular formula is C9H16N2O2S. The standard InChI is InChI=1S/C9H16N2O2S/c1-14(12,13)11(7-3-6-10)8-9-4-2-5-9/h9H,2-5,7-8H2,1H3. The van der Waals surface area contributed by atoms with Crippen LogP contribution >= 0.6 is 0 Å². The van der Waals surface area contributed by atoms with E-state index in [0.717, 1.165) is 12.8 Å². The molecule has 0 aromatic carbocycles. The van der Waals surface area contributed by atoms with E-state index in [4.69, 9.17) is 5.26 Å². The minimum atomic E-state index is -3.13. The van der Waals surface area contributed by atoms with Crippen LogP contribution in [-0.2, 0) is 10.0 Å². The molecule has 1 aliphatic rings. The SMILES string of the molecule is CS(=O)(=O)N(CCC#N)CC1CCC1. The summed E-state index contributed by atoms with van der Waals surface area (Å²) in [4.78, 5) is 0. The Kier molecular flexibility index (Phi) is 3.90. The molecule has 1 saturated carbocycles. The lowest BCUT2D eigenvalue weighted by atomic mass is 9.85. The third-order valence-corrected chi connectivity index (χ3v) is 3.90. The van der Waals surface area contributed by atoms with Crippen molar-refractivity contribution < 1.29 is 8.42 Å². The Morgan fingerprint density at radius 1 is 1.50 bits per heavy atom. The number of hydrogen-bond donors (Lipinski definition) is 0. The Balaban J connectivity index is 2.48. The molecule has 0 aromatic heterocycles. The predicted octanol–water partition coefficient (Wildman–Crippen LogP) is 0.962. The van der Waals surface area contributed by atoms with Gasteiger partial charge in [0.15, 0.2) is 0 Å². The summed E-state index contributed by atoms with van der Waals surface area (Å²) in [5.41, 5.74) is 0. The maximum Gasteiger partial charge on any atom is 0.211 e. The van der Waals surface area contributed by atoms with Gasteiger partial charge in [0.25, 0.3) is 0 Å². The van der Waals surface area contributed by atoms with Gasteiger partial charge in [-0.25, -0.2) is 12.7 Å². The molecule has 1 rings (SSSR count). The highest BCUT2D eigenvalue weighted by atomic mass is 32.2. The van der Waals surface area contributed by atoms with Crippen molar-refractivity contribution >= 4 is 10.0 Å². The van der Waals surface area contributed by atoms with E-state index in [1.165, 1.54) is 17.0 Å². The molecule has 0 N–H and O–H groups in total. The van der Waals surface area contributed by atoms with Gasteiger partial charge in [-0.3, -0.25) is 0 Å². The summed E-state index contributed by atoms with van der Waals surface area (Å²) in [5, 5.41) is 8.41. The van der Waals surface area contributed by atoms with Crippen LogP contribution in [0.2, 0.25) is 0 Å². The molecular weight excluding hydrogens is 200 g/mol. The van der Waals surface area contributed by atoms with Crippen LogP contribution in [0.4, 0.5) is 0 Å². The van der Waals surface area contributed by atoms with Gasteiger partial charge in [0.1, 0.15) is 0 Å². The van der Waals surface area contributed by atoms with Crippen LogP contribution in [0.1, 0.15) is 25.7 Å². The second-order valence-corrected chi connectivity index (χ2v) is 5.81. The van der Waals surface area contributed by atoms with E-state index in [1.807, 2.05) is 6.07 Å². The molecule has 80 valence electrons. The lowest BCUT2D eigenvalue weighted by molar-refractivity contribution is 0.248. The number of nitrogens with zero attached hydrogens (tertiary/aromatic N) is 2. The van der Waals surface area contributed by atoms with E-state index in [9.17, 15) is 8.42 Å². The van der Waals surface area contributed by atoms with Crippen LogP contribution < -0.4 is 0 Å². The van der Waals surface area contributed by atoms with Gasteiger partial charge in [-0.15, -0.1) is 0 Å². The first-order valence-electron chi connectivity index (χ1n) is 4.86. The van der Waals surface area contributed by atoms with Crippen LogP contribution in [0.15, 0.2) is 0 Å². The highest BCUT2D eigenvalue weighted by molar-refractivity contribution is 7.88. The van der Waals surface area contributed by atoms with Gasteiger partial charge in [-0.1, -0.05) is 6.42 Å². The molecule has 0 saturated heterocycles. The van der Waals surface area contributed by atoms with Crippen LogP contribution in [0.5, 0.6) is 0 Å². The van der Waals surface area contributed by atoms with Crippen LogP contribution in [-0.4, -0.2) is 32.1 Å². The average Bonchev–Trinajstić information content (AvgIpc) is 1.99. The fraction of sp³-hybridized carbons (Fsp3) is 0.889. The molecule has 1 fully saturated rings. The van der Waals surface area contributed by atoms with Gasteiger partial charge in [0.2, 0.25) is 10.0 Å². The summed E-state index contributed by atoms with van der Waals surface area (Å²) in [6.07, 6.45) is 4.94. The summed E-state index contributed by atoms with van der Waals surface area (Å²) in [6, 6.07) is 1.97. The zero-order chi connectivity index (χ0) is 10.6. The Hall–Kier alpha value is -0.600. The van der Waals surface area contributed by atoms with E-state index in [0.29, 0.717) is 19.0 Å². The number of nitriles is 1. The third-order valence-electron chi connectivity index (χ3n) is 2.63. The molecule has 0 amide bonds. The van der Waals surface area contributed by atoms with Gasteiger partial charge in [0, 0.05) is 19.5 Å². The third kappa shape index (κ3) is 3.28. The highest BCUT2D eigenvalue weighted by Crippen LogP contribution is 2.27. The van der Waals surface area contributed by atoms with Crippen molar-refractivity contribution in [1.29, 1.82) is 5.26 Å². The second-order valence-electron chi connectivity index (χ2n) is 3.83. The molecule has 0 bridgehead atoms. The molecule has 0 radical (unpaired) electrons. The van der Waals surface area contributed by atoms with Crippen LogP contribution in [0, 0.1) is 17.2 Å². The molecule has 0 heterocycles. The molecule has 0 spiro atoms. The lowest BCUT2D eigenvalue weighted by Crippen LogP contribution is -2.37. The summed E-state index contributed by atoms with van der Waals surface area (Å²) in [7, 11) is -3.13. The highest BCUT2D eigenvalue weighted by Gasteiger charge is 2.24. The van der Waals surface area contributed by atoms with Gasteiger partial charge in [-0.2, -0.15) is 5.26 Å². The Morgan fingerprint density at radius 3 is 2.50 bits per heavy atom. The summed E-state index contributed by atoms with van der Waals surface area (Å²) in [5.74, 6) is 0.517. The quantitative estimate of drug-likeness (QED) is 0.687. The van der Waals surface area contributed by atoms with Gasteiger partial charge >= 0.3 is 0 Å². The molecule has 14 heavy (non-hydrogen) atoms. The first-order chi connectivity index (χ1) is 6.54. The maximum absolute atomic E-state index is 11.3. The topological polar surface area (TPSA) is 61.2 Å². The molecule has 0 unspecified atom stereocenters. The minimum absolute atomic E-state index is 0.278. The Bertz CT molecular complexity index is 314. The van der Waals surface area contributed by atoms with E-state index >= 15 is 0 Å². The zero-order valence-electron chi connectivity index (χ0n) is 8.44. The Labute approximate surface area is 85.6 Å². The van der Waals surface area contributed by atoms with Gasteiger partial charge in [0.05, 0.1) is 12.3 Å². The van der Waals surface area contributed by atoms with Crippen molar-refractivity contribution in [2.24, 2.45) is 5.92 Å². The number of sulfonamides is 1. The predicted molar refractivity (Wildman–Crippen MR) is 54.0 cm³/mol. The van der Waals surface area contributed by atoms with Crippen molar-refractivity contribution in [1.82, 2.24) is 4.31 Å². The normalized spacial score (nSPS) is 17.8. The maximum atomic E-state index is 11.3. The molecule has 0 aliphatic heterocycles. The zero-order valence-corrected chi connectivity index (χ0v) is 9.26. The Morgan fingerprint density at radius 2 is 2.14 bits per heavy atom. The second kappa shape index (κ2) is 4.76. The van der Waals surface area contributed by atoms with E-state index in [-0.39, 0.29) is 6.42 Å². The van der Waals surface area contributed by atoms with E-state index < -0.39 is 10.0 Å². The first kappa shape index (κ1) is 11.5. The van der Waals surface area contributed by atoms with Gasteiger partial charge < -0.3 is 0 Å². The summed E-state index contributed by atoms with van der Waals surface area (Å²) in [6.45, 7) is 0.937. The smallest absolute Gasteiger partial charge is 0.211 e. The molecule has 1 aliphatic carbocycles. The lowest BCUT2D eigenvalue weighted by Gasteiger charge is -2.30. The monoisotopic (exact) mass is 216 g/mol. The van der Waals surface area contributed by atoms with Crippen molar-refractivity contribution in [3.63, 3.8) is 0 Å².